The molecule has 1 N–H and O–H groups in total. The molecule has 1 rings (SSSR count). The van der Waals surface area contributed by atoms with Crippen LogP contribution in [0.5, 0.6) is 6.01 Å². The Morgan fingerprint density at radius 2 is 2.05 bits per heavy atom. The molecule has 0 atom stereocenters. The second-order valence-corrected chi connectivity index (χ2v) is 5.35. The molecule has 0 bridgehead atoms. The van der Waals surface area contributed by atoms with E-state index in [0.29, 0.717) is 17.7 Å². The molecule has 0 radical (unpaired) electrons. The van der Waals surface area contributed by atoms with Gasteiger partial charge in [-0.2, -0.15) is 15.0 Å². The molecular weight excluding hydrogens is 292 g/mol. The van der Waals surface area contributed by atoms with Crippen LogP contribution >= 0.6 is 11.8 Å². The van der Waals surface area contributed by atoms with E-state index in [0.717, 1.165) is 13.0 Å². The Morgan fingerprint density at radius 3 is 2.67 bits per heavy atom. The lowest BCUT2D eigenvalue weighted by Gasteiger charge is -2.10. The van der Waals surface area contributed by atoms with Crippen molar-refractivity contribution >= 4 is 23.7 Å². The number of hydrogen-bond acceptors (Lipinski definition) is 8. The second-order valence-electron chi connectivity index (χ2n) is 4.41. The van der Waals surface area contributed by atoms with Crippen LogP contribution in [0, 0.1) is 0 Å². The highest BCUT2D eigenvalue weighted by Crippen LogP contribution is 2.18. The molecule has 1 aromatic heterocycles. The van der Waals surface area contributed by atoms with E-state index in [1.54, 1.807) is 6.92 Å². The fraction of sp³-hybridized carbons (Fsp3) is 0.692. The molecule has 0 aliphatic rings. The molecule has 1 aromatic rings. The first kappa shape index (κ1) is 17.5. The van der Waals surface area contributed by atoms with Gasteiger partial charge >= 0.3 is 12.0 Å². The van der Waals surface area contributed by atoms with E-state index in [-0.39, 0.29) is 23.8 Å². The molecule has 0 fully saturated rings. The van der Waals surface area contributed by atoms with E-state index in [1.165, 1.54) is 11.8 Å². The van der Waals surface area contributed by atoms with E-state index in [2.05, 4.69) is 27.2 Å². The number of anilines is 1. The van der Waals surface area contributed by atoms with E-state index in [9.17, 15) is 4.79 Å². The standard InChI is InChI=1S/C13H22N4O3S/c1-5-7-14-11-15-12(20-9(3)4)17-13(16-11)21-8-10(18)19-6-2/h9H,5-8H2,1-4H3,(H,14,15,16,17). The summed E-state index contributed by atoms with van der Waals surface area (Å²) in [6.07, 6.45) is 0.923. The van der Waals surface area contributed by atoms with Crippen molar-refractivity contribution in [3.05, 3.63) is 0 Å². The first-order chi connectivity index (χ1) is 10.0. The quantitative estimate of drug-likeness (QED) is 0.548. The molecule has 1 heterocycles. The lowest BCUT2D eigenvalue weighted by molar-refractivity contribution is -0.139. The zero-order chi connectivity index (χ0) is 15.7. The molecule has 0 aliphatic heterocycles. The van der Waals surface area contributed by atoms with Gasteiger partial charge in [0.15, 0.2) is 5.16 Å². The Hall–Kier alpha value is -1.57. The van der Waals surface area contributed by atoms with E-state index < -0.39 is 0 Å². The number of carbonyl (C=O) groups is 1. The average Bonchev–Trinajstić information content (AvgIpc) is 2.42. The zero-order valence-electron chi connectivity index (χ0n) is 12.9. The minimum atomic E-state index is -0.294. The summed E-state index contributed by atoms with van der Waals surface area (Å²) in [6, 6.07) is 0.255. The van der Waals surface area contributed by atoms with Gasteiger partial charge in [-0.3, -0.25) is 4.79 Å². The highest BCUT2D eigenvalue weighted by atomic mass is 32.2. The smallest absolute Gasteiger partial charge is 0.322 e. The topological polar surface area (TPSA) is 86.2 Å². The van der Waals surface area contributed by atoms with Gasteiger partial charge in [-0.25, -0.2) is 0 Å². The first-order valence-electron chi connectivity index (χ1n) is 7.00. The number of carbonyl (C=O) groups excluding carboxylic acids is 1. The van der Waals surface area contributed by atoms with Gasteiger partial charge in [-0.05, 0) is 27.2 Å². The number of thioether (sulfide) groups is 1. The molecular formula is C13H22N4O3S. The van der Waals surface area contributed by atoms with Crippen molar-refractivity contribution < 1.29 is 14.3 Å². The SMILES string of the molecule is CCCNc1nc(OC(C)C)nc(SCC(=O)OCC)n1. The molecule has 7 nitrogen and oxygen atoms in total. The Labute approximate surface area is 129 Å². The summed E-state index contributed by atoms with van der Waals surface area (Å²) >= 11 is 1.20. The lowest BCUT2D eigenvalue weighted by atomic mass is 10.5. The van der Waals surface area contributed by atoms with Gasteiger partial charge in [0.25, 0.3) is 0 Å². The predicted molar refractivity (Wildman–Crippen MR) is 81.7 cm³/mol. The molecule has 21 heavy (non-hydrogen) atoms. The molecule has 0 aromatic carbocycles. The molecule has 118 valence electrons. The number of esters is 1. The number of hydrogen-bond donors (Lipinski definition) is 1. The van der Waals surface area contributed by atoms with Crippen molar-refractivity contribution in [1.82, 2.24) is 15.0 Å². The van der Waals surface area contributed by atoms with Crippen LogP contribution in [0.3, 0.4) is 0 Å². The Balaban J connectivity index is 2.77. The summed E-state index contributed by atoms with van der Waals surface area (Å²) in [5, 5.41) is 3.53. The van der Waals surface area contributed by atoms with Crippen LogP contribution in [-0.4, -0.2) is 45.9 Å². The van der Waals surface area contributed by atoms with Crippen molar-refractivity contribution in [2.24, 2.45) is 0 Å². The largest absolute Gasteiger partial charge is 0.465 e. The number of rotatable bonds is 9. The summed E-state index contributed by atoms with van der Waals surface area (Å²) in [6.45, 7) is 8.74. The fourth-order valence-corrected chi connectivity index (χ4v) is 1.93. The van der Waals surface area contributed by atoms with Gasteiger partial charge in [0, 0.05) is 6.54 Å². The summed E-state index contributed by atoms with van der Waals surface area (Å²) in [4.78, 5) is 24.0. The third kappa shape index (κ3) is 7.12. The van der Waals surface area contributed by atoms with Crippen LogP contribution in [0.4, 0.5) is 5.95 Å². The van der Waals surface area contributed by atoms with Gasteiger partial charge in [0.2, 0.25) is 5.95 Å². The maximum Gasteiger partial charge on any atom is 0.322 e. The van der Waals surface area contributed by atoms with Crippen molar-refractivity contribution in [2.75, 3.05) is 24.2 Å². The predicted octanol–water partition coefficient (Wildman–Crippen LogP) is 2.14. The number of nitrogens with zero attached hydrogens (tertiary/aromatic N) is 3. The number of ether oxygens (including phenoxy) is 2. The Bertz CT molecular complexity index is 457. The molecule has 0 aliphatic carbocycles. The van der Waals surface area contributed by atoms with Gasteiger partial charge in [-0.15, -0.1) is 0 Å². The maximum atomic E-state index is 11.4. The average molecular weight is 314 g/mol. The summed E-state index contributed by atoms with van der Waals surface area (Å²) in [7, 11) is 0. The summed E-state index contributed by atoms with van der Waals surface area (Å²) in [5.41, 5.74) is 0. The minimum absolute atomic E-state index is 0.0330. The van der Waals surface area contributed by atoms with Crippen molar-refractivity contribution in [3.8, 4) is 6.01 Å². The Morgan fingerprint density at radius 1 is 1.29 bits per heavy atom. The van der Waals surface area contributed by atoms with E-state index in [4.69, 9.17) is 9.47 Å². The van der Waals surface area contributed by atoms with Crippen molar-refractivity contribution in [3.63, 3.8) is 0 Å². The Kier molecular flexibility index (Phi) is 7.81. The lowest BCUT2D eigenvalue weighted by Crippen LogP contribution is -2.13. The first-order valence-corrected chi connectivity index (χ1v) is 7.98. The van der Waals surface area contributed by atoms with Crippen LogP contribution in [0.15, 0.2) is 5.16 Å². The second kappa shape index (κ2) is 9.38. The highest BCUT2D eigenvalue weighted by molar-refractivity contribution is 7.99. The van der Waals surface area contributed by atoms with Crippen LogP contribution < -0.4 is 10.1 Å². The van der Waals surface area contributed by atoms with Gasteiger partial charge in [-0.1, -0.05) is 18.7 Å². The third-order valence-electron chi connectivity index (χ3n) is 2.09. The van der Waals surface area contributed by atoms with Gasteiger partial charge in [0.1, 0.15) is 0 Å². The fourth-order valence-electron chi connectivity index (χ4n) is 1.31. The van der Waals surface area contributed by atoms with Gasteiger partial charge in [0.05, 0.1) is 18.5 Å². The van der Waals surface area contributed by atoms with Crippen molar-refractivity contribution in [2.45, 2.75) is 45.4 Å². The third-order valence-corrected chi connectivity index (χ3v) is 2.91. The molecule has 8 heteroatoms. The molecule has 0 unspecified atom stereocenters. The molecule has 0 saturated heterocycles. The summed E-state index contributed by atoms with van der Waals surface area (Å²) in [5.74, 6) is 0.317. The molecule has 0 saturated carbocycles. The molecule has 0 spiro atoms. The summed E-state index contributed by atoms with van der Waals surface area (Å²) < 4.78 is 10.4. The van der Waals surface area contributed by atoms with Crippen LogP contribution in [0.25, 0.3) is 0 Å². The maximum absolute atomic E-state index is 11.4. The van der Waals surface area contributed by atoms with Crippen LogP contribution in [0.2, 0.25) is 0 Å². The zero-order valence-corrected chi connectivity index (χ0v) is 13.7. The number of aromatic nitrogens is 3. The van der Waals surface area contributed by atoms with Crippen molar-refractivity contribution in [1.29, 1.82) is 0 Å². The van der Waals surface area contributed by atoms with Gasteiger partial charge < -0.3 is 14.8 Å². The highest BCUT2D eigenvalue weighted by Gasteiger charge is 2.11. The minimum Gasteiger partial charge on any atom is -0.465 e. The van der Waals surface area contributed by atoms with E-state index >= 15 is 0 Å². The normalized spacial score (nSPS) is 10.5. The molecule has 0 amide bonds. The van der Waals surface area contributed by atoms with Crippen LogP contribution in [-0.2, 0) is 9.53 Å². The monoisotopic (exact) mass is 314 g/mol. The van der Waals surface area contributed by atoms with Crippen LogP contribution in [0.1, 0.15) is 34.1 Å². The number of nitrogens with one attached hydrogen (secondary N) is 1. The van der Waals surface area contributed by atoms with E-state index in [1.807, 2.05) is 13.8 Å².